The molecule has 0 unspecified atom stereocenters. The Morgan fingerprint density at radius 2 is 1.83 bits per heavy atom. The number of pyridine rings is 1. The van der Waals surface area contributed by atoms with Gasteiger partial charge in [-0.15, -0.1) is 0 Å². The maximum atomic E-state index is 13.2. The summed E-state index contributed by atoms with van der Waals surface area (Å²) in [5.74, 6) is 0.188. The first kappa shape index (κ1) is 24.0. The van der Waals surface area contributed by atoms with Crippen molar-refractivity contribution < 1.29 is 13.6 Å². The van der Waals surface area contributed by atoms with Crippen LogP contribution in [0.1, 0.15) is 30.0 Å². The lowest BCUT2D eigenvalue weighted by Crippen LogP contribution is -2.32. The van der Waals surface area contributed by atoms with E-state index in [1.54, 1.807) is 18.0 Å². The molecule has 1 saturated heterocycles. The maximum absolute atomic E-state index is 13.2. The Bertz CT molecular complexity index is 1330. The summed E-state index contributed by atoms with van der Waals surface area (Å²) in [4.78, 5) is 20.2. The number of benzene rings is 2. The zero-order valence-electron chi connectivity index (χ0n) is 19.1. The monoisotopic (exact) mass is 518 g/mol. The van der Waals surface area contributed by atoms with Gasteiger partial charge in [-0.2, -0.15) is 0 Å². The van der Waals surface area contributed by atoms with Gasteiger partial charge < -0.3 is 20.0 Å². The molecule has 1 aliphatic heterocycles. The van der Waals surface area contributed by atoms with Crippen LogP contribution in [0.25, 0.3) is 0 Å². The predicted molar refractivity (Wildman–Crippen MR) is 141 cm³/mol. The molecule has 2 N–H and O–H groups in total. The summed E-state index contributed by atoms with van der Waals surface area (Å²) in [6.45, 7) is 0.370. The number of nitrogens with zero attached hydrogens (tertiary/aromatic N) is 2. The highest BCUT2D eigenvalue weighted by atomic mass is 32.2. The largest absolute Gasteiger partial charge is 0.452 e. The number of halogens is 1. The summed E-state index contributed by atoms with van der Waals surface area (Å²) in [7, 11) is 0. The van der Waals surface area contributed by atoms with Crippen LogP contribution in [0.2, 0.25) is 0 Å². The number of thiocarbonyl (C=S) groups is 1. The third kappa shape index (κ3) is 5.58. The average molecular weight is 519 g/mol. The molecular formula is C27H23FN4O2S2. The zero-order valence-corrected chi connectivity index (χ0v) is 20.8. The molecule has 0 spiro atoms. The first-order valence-corrected chi connectivity index (χ1v) is 12.7. The maximum Gasteiger partial charge on any atom is 0.226 e. The van der Waals surface area contributed by atoms with Gasteiger partial charge in [0, 0.05) is 29.7 Å². The Morgan fingerprint density at radius 1 is 1.06 bits per heavy atom. The van der Waals surface area contributed by atoms with Crippen LogP contribution in [0.4, 0.5) is 10.1 Å². The molecule has 3 heterocycles. The summed E-state index contributed by atoms with van der Waals surface area (Å²) < 4.78 is 19.4. The van der Waals surface area contributed by atoms with E-state index < -0.39 is 0 Å². The van der Waals surface area contributed by atoms with Crippen LogP contribution in [0, 0.1) is 5.82 Å². The third-order valence-corrected chi connectivity index (χ3v) is 7.04. The molecule has 0 saturated carbocycles. The number of hydrogen-bond acceptors (Lipinski definition) is 5. The van der Waals surface area contributed by atoms with Gasteiger partial charge in [-0.1, -0.05) is 36.0 Å². The fourth-order valence-electron chi connectivity index (χ4n) is 4.09. The van der Waals surface area contributed by atoms with Crippen LogP contribution >= 0.6 is 24.0 Å². The standard InChI is InChI=1S/C27H23FN4O2S2/c28-18-9-11-19(12-10-18)30-23(33)15-17-32-26(25(31-27(32)35)21-8-4-5-16-29-21)22-13-14-24(34-22)36-20-6-2-1-3-7-20/h1-14,16,25-26H,15,17H2,(H,30,33)(H,31,35)/t25-,26+/m1/s1. The highest BCUT2D eigenvalue weighted by Gasteiger charge is 2.41. The van der Waals surface area contributed by atoms with Crippen LogP contribution < -0.4 is 10.6 Å². The van der Waals surface area contributed by atoms with Crippen LogP contribution in [0.15, 0.2) is 106 Å². The van der Waals surface area contributed by atoms with Crippen molar-refractivity contribution in [1.29, 1.82) is 0 Å². The number of carbonyl (C=O) groups is 1. The number of hydrogen-bond donors (Lipinski definition) is 2. The SMILES string of the molecule is O=C(CCN1C(=S)N[C@H](c2ccccn2)[C@@H]1c1ccc(Sc2ccccc2)o1)Nc1ccc(F)cc1. The van der Waals surface area contributed by atoms with Gasteiger partial charge in [-0.05, 0) is 72.9 Å². The summed E-state index contributed by atoms with van der Waals surface area (Å²) in [5.41, 5.74) is 1.37. The molecule has 9 heteroatoms. The molecule has 0 radical (unpaired) electrons. The Morgan fingerprint density at radius 3 is 2.58 bits per heavy atom. The average Bonchev–Trinajstić information content (AvgIpc) is 3.49. The molecule has 5 rings (SSSR count). The Labute approximate surface area is 217 Å². The summed E-state index contributed by atoms with van der Waals surface area (Å²) in [5, 5.41) is 7.46. The van der Waals surface area contributed by atoms with E-state index in [1.807, 2.05) is 65.6 Å². The van der Waals surface area contributed by atoms with E-state index in [1.165, 1.54) is 24.3 Å². The third-order valence-electron chi connectivity index (χ3n) is 5.76. The van der Waals surface area contributed by atoms with Crippen molar-refractivity contribution in [3.05, 3.63) is 108 Å². The highest BCUT2D eigenvalue weighted by molar-refractivity contribution is 7.99. The second-order valence-electron chi connectivity index (χ2n) is 8.20. The van der Waals surface area contributed by atoms with Crippen molar-refractivity contribution in [1.82, 2.24) is 15.2 Å². The van der Waals surface area contributed by atoms with E-state index in [9.17, 15) is 9.18 Å². The molecule has 1 amide bonds. The summed E-state index contributed by atoms with van der Waals surface area (Å²) >= 11 is 7.21. The van der Waals surface area contributed by atoms with Crippen LogP contribution in [0.5, 0.6) is 0 Å². The number of aromatic nitrogens is 1. The van der Waals surface area contributed by atoms with Gasteiger partial charge in [-0.25, -0.2) is 4.39 Å². The molecule has 2 aromatic carbocycles. The number of rotatable bonds is 8. The normalized spacial score (nSPS) is 17.1. The van der Waals surface area contributed by atoms with Crippen LogP contribution in [-0.4, -0.2) is 27.4 Å². The van der Waals surface area contributed by atoms with Crippen molar-refractivity contribution in [3.8, 4) is 0 Å². The van der Waals surface area contributed by atoms with Gasteiger partial charge in [0.05, 0.1) is 11.7 Å². The van der Waals surface area contributed by atoms with Gasteiger partial charge in [0.1, 0.15) is 17.6 Å². The Balaban J connectivity index is 1.35. The van der Waals surface area contributed by atoms with Crippen molar-refractivity contribution >= 4 is 40.7 Å². The van der Waals surface area contributed by atoms with E-state index >= 15 is 0 Å². The predicted octanol–water partition coefficient (Wildman–Crippen LogP) is 5.97. The quantitative estimate of drug-likeness (QED) is 0.279. The molecule has 36 heavy (non-hydrogen) atoms. The lowest BCUT2D eigenvalue weighted by atomic mass is 10.0. The van der Waals surface area contributed by atoms with Crippen molar-refractivity contribution in [2.75, 3.05) is 11.9 Å². The Kier molecular flexibility index (Phi) is 7.29. The number of nitrogens with one attached hydrogen (secondary N) is 2. The Hall–Kier alpha value is -3.69. The second kappa shape index (κ2) is 10.9. The van der Waals surface area contributed by atoms with Crippen LogP contribution in [0.3, 0.4) is 0 Å². The van der Waals surface area contributed by atoms with E-state index in [2.05, 4.69) is 15.6 Å². The minimum absolute atomic E-state index is 0.191. The fourth-order valence-corrected chi connectivity index (χ4v) is 5.22. The summed E-state index contributed by atoms with van der Waals surface area (Å²) in [6, 6.07) is 24.8. The number of carbonyl (C=O) groups excluding carboxylic acids is 1. The van der Waals surface area contributed by atoms with Gasteiger partial charge in [-0.3, -0.25) is 9.78 Å². The highest BCUT2D eigenvalue weighted by Crippen LogP contribution is 2.41. The van der Waals surface area contributed by atoms with Gasteiger partial charge in [0.25, 0.3) is 0 Å². The number of anilines is 1. The molecule has 182 valence electrons. The molecule has 1 aliphatic rings. The summed E-state index contributed by atoms with van der Waals surface area (Å²) in [6.07, 6.45) is 1.94. The molecule has 0 aliphatic carbocycles. The molecule has 0 bridgehead atoms. The lowest BCUT2D eigenvalue weighted by molar-refractivity contribution is -0.116. The number of furan rings is 1. The van der Waals surface area contributed by atoms with Gasteiger partial charge in [0.15, 0.2) is 10.2 Å². The van der Waals surface area contributed by atoms with E-state index in [4.69, 9.17) is 16.6 Å². The zero-order chi connectivity index (χ0) is 24.9. The van der Waals surface area contributed by atoms with E-state index in [-0.39, 0.29) is 30.2 Å². The number of amides is 1. The second-order valence-corrected chi connectivity index (χ2v) is 9.66. The smallest absolute Gasteiger partial charge is 0.226 e. The topological polar surface area (TPSA) is 70.4 Å². The van der Waals surface area contributed by atoms with E-state index in [0.29, 0.717) is 17.3 Å². The minimum atomic E-state index is -0.354. The van der Waals surface area contributed by atoms with Gasteiger partial charge in [0.2, 0.25) is 5.91 Å². The molecule has 2 atom stereocenters. The molecular weight excluding hydrogens is 495 g/mol. The lowest BCUT2D eigenvalue weighted by Gasteiger charge is -2.25. The van der Waals surface area contributed by atoms with Crippen LogP contribution in [-0.2, 0) is 4.79 Å². The minimum Gasteiger partial charge on any atom is -0.452 e. The fraction of sp³-hybridized carbons (Fsp3) is 0.148. The molecule has 4 aromatic rings. The van der Waals surface area contributed by atoms with E-state index in [0.717, 1.165) is 21.4 Å². The van der Waals surface area contributed by atoms with Crippen molar-refractivity contribution in [2.45, 2.75) is 28.5 Å². The van der Waals surface area contributed by atoms with Crippen molar-refractivity contribution in [3.63, 3.8) is 0 Å². The molecule has 2 aromatic heterocycles. The van der Waals surface area contributed by atoms with Gasteiger partial charge >= 0.3 is 0 Å². The first-order chi connectivity index (χ1) is 17.6. The van der Waals surface area contributed by atoms with Crippen molar-refractivity contribution in [2.24, 2.45) is 0 Å². The molecule has 6 nitrogen and oxygen atoms in total. The molecule has 1 fully saturated rings. The first-order valence-electron chi connectivity index (χ1n) is 11.4.